The zero-order valence-electron chi connectivity index (χ0n) is 28.2. The lowest BCUT2D eigenvalue weighted by Gasteiger charge is -2.35. The minimum atomic E-state index is -1.17. The van der Waals surface area contributed by atoms with Gasteiger partial charge in [-0.3, -0.25) is 24.0 Å². The molecule has 13 heteroatoms. The summed E-state index contributed by atoms with van der Waals surface area (Å²) in [5, 5.41) is 7.59. The highest BCUT2D eigenvalue weighted by Gasteiger charge is 2.46. The van der Waals surface area contributed by atoms with Crippen molar-refractivity contribution in [2.24, 2.45) is 11.3 Å². The molecule has 4 amide bonds. The molecule has 44 heavy (non-hydrogen) atoms. The van der Waals surface area contributed by atoms with E-state index in [-0.39, 0.29) is 31.9 Å². The number of unbranched alkanes of at least 4 members (excludes halogenated alkanes) is 2. The van der Waals surface area contributed by atoms with Gasteiger partial charge in [0.15, 0.2) is 0 Å². The van der Waals surface area contributed by atoms with Crippen molar-refractivity contribution in [2.75, 3.05) is 26.8 Å². The normalized spacial score (nSPS) is 18.3. The molecule has 1 heterocycles. The summed E-state index contributed by atoms with van der Waals surface area (Å²) in [6, 6.07) is -3.24. The number of ketones is 1. The van der Waals surface area contributed by atoms with Crippen LogP contribution in [0.25, 0.3) is 0 Å². The van der Waals surface area contributed by atoms with Gasteiger partial charge in [0.25, 0.3) is 5.91 Å². The maximum absolute atomic E-state index is 14.1. The van der Waals surface area contributed by atoms with Crippen LogP contribution in [-0.2, 0) is 38.2 Å². The summed E-state index contributed by atoms with van der Waals surface area (Å²) in [7, 11) is 1.16. The van der Waals surface area contributed by atoms with E-state index in [1.165, 1.54) is 4.90 Å². The van der Waals surface area contributed by atoms with E-state index < -0.39 is 77.4 Å². The van der Waals surface area contributed by atoms with Crippen LogP contribution in [0.2, 0.25) is 0 Å². The molecular formula is C31H54N4O9. The van der Waals surface area contributed by atoms with Crippen LogP contribution in [0.3, 0.4) is 0 Å². The van der Waals surface area contributed by atoms with Crippen LogP contribution < -0.4 is 16.0 Å². The van der Waals surface area contributed by atoms with Crippen LogP contribution in [-0.4, -0.2) is 97.1 Å². The number of alkyl carbamates (subject to hydrolysis) is 1. The quantitative estimate of drug-likeness (QED) is 0.140. The molecule has 1 rings (SSSR count). The summed E-state index contributed by atoms with van der Waals surface area (Å²) in [5.74, 6) is -3.67. The standard InChI is InChI=1S/C31H54N4O9/c1-11-12-13-14-21(24(37)27(39)32-16-23(36)42-10)33-26(38)22-15-20(44-31(7,8)9)17-35(22)28(40)25(30(4,5)6)34-29(41)43-18-19(2)3/h19-22,25H,11-18H2,1-10H3,(H,32,39)(H,33,38)(H,34,41)/t20-,21?,22+,25?/m1/s1. The first kappa shape index (κ1) is 38.8. The molecule has 0 aromatic carbocycles. The monoisotopic (exact) mass is 626 g/mol. The topological polar surface area (TPSA) is 169 Å². The van der Waals surface area contributed by atoms with Crippen molar-refractivity contribution in [1.82, 2.24) is 20.9 Å². The number of Topliss-reactive ketones (excluding diaryl/α,β-unsaturated/α-hetero) is 1. The minimum absolute atomic E-state index is 0.0809. The third-order valence-electron chi connectivity index (χ3n) is 6.87. The van der Waals surface area contributed by atoms with Gasteiger partial charge in [0.1, 0.15) is 18.6 Å². The van der Waals surface area contributed by atoms with Gasteiger partial charge >= 0.3 is 12.1 Å². The van der Waals surface area contributed by atoms with Crippen molar-refractivity contribution in [3.8, 4) is 0 Å². The Hall–Kier alpha value is -3.22. The molecule has 0 saturated carbocycles. The number of nitrogens with zero attached hydrogens (tertiary/aromatic N) is 1. The van der Waals surface area contributed by atoms with Crippen LogP contribution >= 0.6 is 0 Å². The molecule has 0 aromatic heterocycles. The van der Waals surface area contributed by atoms with Gasteiger partial charge in [-0.05, 0) is 38.5 Å². The number of amides is 4. The van der Waals surface area contributed by atoms with E-state index >= 15 is 0 Å². The Labute approximate surface area is 261 Å². The van der Waals surface area contributed by atoms with Crippen molar-refractivity contribution in [3.05, 3.63) is 0 Å². The third-order valence-corrected chi connectivity index (χ3v) is 6.87. The van der Waals surface area contributed by atoms with Gasteiger partial charge in [0, 0.05) is 13.0 Å². The average molecular weight is 627 g/mol. The molecule has 1 saturated heterocycles. The second-order valence-electron chi connectivity index (χ2n) is 13.7. The Bertz CT molecular complexity index is 1020. The first-order chi connectivity index (χ1) is 20.3. The maximum atomic E-state index is 14.1. The molecule has 0 spiro atoms. The molecule has 3 N–H and O–H groups in total. The van der Waals surface area contributed by atoms with Crippen LogP contribution in [0.15, 0.2) is 0 Å². The average Bonchev–Trinajstić information content (AvgIpc) is 3.33. The zero-order valence-corrected chi connectivity index (χ0v) is 28.2. The highest BCUT2D eigenvalue weighted by Crippen LogP contribution is 2.29. The predicted octanol–water partition coefficient (Wildman–Crippen LogP) is 2.49. The first-order valence-corrected chi connectivity index (χ1v) is 15.4. The second-order valence-corrected chi connectivity index (χ2v) is 13.7. The van der Waals surface area contributed by atoms with Crippen LogP contribution in [0, 0.1) is 11.3 Å². The van der Waals surface area contributed by atoms with Gasteiger partial charge < -0.3 is 35.1 Å². The van der Waals surface area contributed by atoms with Gasteiger partial charge in [-0.1, -0.05) is 60.8 Å². The van der Waals surface area contributed by atoms with Gasteiger partial charge in [-0.2, -0.15) is 0 Å². The van der Waals surface area contributed by atoms with E-state index in [0.717, 1.165) is 20.0 Å². The number of ether oxygens (including phenoxy) is 3. The fraction of sp³-hybridized carbons (Fsp3) is 0.806. The largest absolute Gasteiger partial charge is 0.468 e. The predicted molar refractivity (Wildman–Crippen MR) is 163 cm³/mol. The Morgan fingerprint density at radius 1 is 0.955 bits per heavy atom. The summed E-state index contributed by atoms with van der Waals surface area (Å²) in [5.41, 5.74) is -1.31. The Morgan fingerprint density at radius 2 is 1.59 bits per heavy atom. The number of carbonyl (C=O) groups is 6. The summed E-state index contributed by atoms with van der Waals surface area (Å²) in [4.78, 5) is 78.9. The first-order valence-electron chi connectivity index (χ1n) is 15.4. The van der Waals surface area contributed by atoms with Gasteiger partial charge in [-0.15, -0.1) is 0 Å². The number of carbonyl (C=O) groups excluding carboxylic acids is 6. The molecule has 0 bridgehead atoms. The highest BCUT2D eigenvalue weighted by molar-refractivity contribution is 6.38. The van der Waals surface area contributed by atoms with Crippen molar-refractivity contribution < 1.29 is 43.0 Å². The molecule has 0 aromatic rings. The van der Waals surface area contributed by atoms with Crippen molar-refractivity contribution in [2.45, 2.75) is 124 Å². The summed E-state index contributed by atoms with van der Waals surface area (Å²) < 4.78 is 15.9. The SMILES string of the molecule is CCCCCC(NC(=O)[C@@H]1C[C@@H](OC(C)(C)C)CN1C(=O)C(NC(=O)OCC(C)C)C(C)(C)C)C(=O)C(=O)NCC(=O)OC. The lowest BCUT2D eigenvalue weighted by molar-refractivity contribution is -0.145. The molecule has 252 valence electrons. The zero-order chi connectivity index (χ0) is 33.8. The summed E-state index contributed by atoms with van der Waals surface area (Å²) in [6.07, 6.45) is 1.28. The van der Waals surface area contributed by atoms with E-state index in [1.807, 2.05) is 41.5 Å². The molecule has 0 radical (unpaired) electrons. The van der Waals surface area contributed by atoms with Crippen LogP contribution in [0.4, 0.5) is 4.79 Å². The Morgan fingerprint density at radius 3 is 2.11 bits per heavy atom. The number of esters is 1. The van der Waals surface area contributed by atoms with E-state index in [4.69, 9.17) is 9.47 Å². The van der Waals surface area contributed by atoms with E-state index in [2.05, 4.69) is 20.7 Å². The number of rotatable bonds is 15. The van der Waals surface area contributed by atoms with Gasteiger partial charge in [0.2, 0.25) is 17.6 Å². The van der Waals surface area contributed by atoms with Crippen molar-refractivity contribution >= 4 is 35.6 Å². The van der Waals surface area contributed by atoms with Crippen molar-refractivity contribution in [1.29, 1.82) is 0 Å². The van der Waals surface area contributed by atoms with E-state index in [1.54, 1.807) is 20.8 Å². The Balaban J connectivity index is 3.31. The number of likely N-dealkylation sites (tertiary alicyclic amines) is 1. The van der Waals surface area contributed by atoms with Crippen molar-refractivity contribution in [3.63, 3.8) is 0 Å². The fourth-order valence-corrected chi connectivity index (χ4v) is 4.70. The number of nitrogens with one attached hydrogen (secondary N) is 3. The molecule has 1 aliphatic rings. The minimum Gasteiger partial charge on any atom is -0.468 e. The molecule has 1 aliphatic heterocycles. The summed E-state index contributed by atoms with van der Waals surface area (Å²) >= 11 is 0. The smallest absolute Gasteiger partial charge is 0.407 e. The molecule has 0 aliphatic carbocycles. The third kappa shape index (κ3) is 13.2. The number of hydrogen-bond donors (Lipinski definition) is 3. The lowest BCUT2D eigenvalue weighted by Crippen LogP contribution is -2.59. The van der Waals surface area contributed by atoms with Gasteiger partial charge in [-0.25, -0.2) is 4.79 Å². The second kappa shape index (κ2) is 17.3. The van der Waals surface area contributed by atoms with Gasteiger partial charge in [0.05, 0.1) is 31.5 Å². The van der Waals surface area contributed by atoms with E-state index in [9.17, 15) is 28.8 Å². The fourth-order valence-electron chi connectivity index (χ4n) is 4.70. The molecule has 4 atom stereocenters. The van der Waals surface area contributed by atoms with E-state index in [0.29, 0.717) is 6.42 Å². The molecular weight excluding hydrogens is 572 g/mol. The highest BCUT2D eigenvalue weighted by atomic mass is 16.5. The summed E-state index contributed by atoms with van der Waals surface area (Å²) in [6.45, 7) is 16.5. The molecule has 2 unspecified atom stereocenters. The number of methoxy groups -OCH3 is 1. The van der Waals surface area contributed by atoms with Crippen LogP contribution in [0.1, 0.15) is 94.4 Å². The lowest BCUT2D eigenvalue weighted by atomic mass is 9.85. The molecule has 13 nitrogen and oxygen atoms in total. The molecule has 1 fully saturated rings. The maximum Gasteiger partial charge on any atom is 0.407 e. The van der Waals surface area contributed by atoms with Crippen LogP contribution in [0.5, 0.6) is 0 Å². The Kier molecular flexibility index (Phi) is 15.3. The number of hydrogen-bond acceptors (Lipinski definition) is 9.